The number of amides is 3. The molecule has 3 amide bonds. The summed E-state index contributed by atoms with van der Waals surface area (Å²) < 4.78 is 19.1. The molecular weight excluding hydrogens is 485 g/mol. The molecule has 1 aliphatic carbocycles. The van der Waals surface area contributed by atoms with Crippen LogP contribution in [-0.4, -0.2) is 42.5 Å². The van der Waals surface area contributed by atoms with Gasteiger partial charge in [-0.1, -0.05) is 49.3 Å². The van der Waals surface area contributed by atoms with Crippen LogP contribution in [0.2, 0.25) is 0 Å². The number of hydrogen-bond acceptors (Lipinski definition) is 4. The van der Waals surface area contributed by atoms with E-state index in [-0.39, 0.29) is 30.1 Å². The van der Waals surface area contributed by atoms with E-state index in [4.69, 9.17) is 4.74 Å². The Morgan fingerprint density at radius 2 is 1.79 bits per heavy atom. The highest BCUT2D eigenvalue weighted by molar-refractivity contribution is 5.92. The second kappa shape index (κ2) is 13.7. The van der Waals surface area contributed by atoms with Crippen LogP contribution in [0.25, 0.3) is 0 Å². The smallest absolute Gasteiger partial charge is 0.243 e. The first kappa shape index (κ1) is 27.4. The van der Waals surface area contributed by atoms with Gasteiger partial charge in [0.2, 0.25) is 17.7 Å². The fourth-order valence-corrected chi connectivity index (χ4v) is 4.87. The zero-order chi connectivity index (χ0) is 26.7. The highest BCUT2D eigenvalue weighted by Crippen LogP contribution is 2.18. The maximum absolute atomic E-state index is 13.4. The van der Waals surface area contributed by atoms with Crippen LogP contribution in [0.5, 0.6) is 5.75 Å². The summed E-state index contributed by atoms with van der Waals surface area (Å²) in [6.07, 6.45) is 9.50. The average Bonchev–Trinajstić information content (AvgIpc) is 3.42. The molecule has 0 aromatic heterocycles. The van der Waals surface area contributed by atoms with Gasteiger partial charge in [0.15, 0.2) is 0 Å². The van der Waals surface area contributed by atoms with Crippen LogP contribution >= 0.6 is 0 Å². The van der Waals surface area contributed by atoms with Crippen LogP contribution in [0.1, 0.15) is 56.1 Å². The topological polar surface area (TPSA) is 96.5 Å². The maximum Gasteiger partial charge on any atom is 0.243 e. The molecule has 2 aromatic carbocycles. The van der Waals surface area contributed by atoms with Gasteiger partial charge in [-0.2, -0.15) is 0 Å². The molecule has 3 N–H and O–H groups in total. The predicted molar refractivity (Wildman–Crippen MR) is 143 cm³/mol. The summed E-state index contributed by atoms with van der Waals surface area (Å²) in [5.74, 6) is -0.516. The normalized spacial score (nSPS) is 22.1. The summed E-state index contributed by atoms with van der Waals surface area (Å²) in [6, 6.07) is 12.2. The molecular formula is C30H36FN3O4. The molecule has 1 heterocycles. The second-order valence-electron chi connectivity index (χ2n) is 10.0. The minimum Gasteiger partial charge on any atom is -0.490 e. The van der Waals surface area contributed by atoms with Crippen molar-refractivity contribution in [2.24, 2.45) is 0 Å². The van der Waals surface area contributed by atoms with Gasteiger partial charge in [-0.15, -0.1) is 0 Å². The number of ether oxygens (including phenoxy) is 1. The van der Waals surface area contributed by atoms with Crippen molar-refractivity contribution in [3.8, 4) is 5.75 Å². The van der Waals surface area contributed by atoms with E-state index in [0.29, 0.717) is 38.0 Å². The van der Waals surface area contributed by atoms with E-state index in [1.54, 1.807) is 12.1 Å². The highest BCUT2D eigenvalue weighted by Gasteiger charge is 2.28. The Balaban J connectivity index is 1.51. The molecule has 0 saturated heterocycles. The Bertz CT molecular complexity index is 1130. The van der Waals surface area contributed by atoms with E-state index in [9.17, 15) is 18.8 Å². The molecule has 1 aliphatic heterocycles. The summed E-state index contributed by atoms with van der Waals surface area (Å²) >= 11 is 0. The fourth-order valence-electron chi connectivity index (χ4n) is 4.87. The number of aryl methyl sites for hydroxylation is 2. The van der Waals surface area contributed by atoms with E-state index < -0.39 is 18.0 Å². The first-order valence-electron chi connectivity index (χ1n) is 13.5. The Morgan fingerprint density at radius 1 is 1.00 bits per heavy atom. The number of rotatable bonds is 5. The zero-order valence-electron chi connectivity index (χ0n) is 21.6. The lowest BCUT2D eigenvalue weighted by atomic mass is 10.0. The number of nitrogens with one attached hydrogen (secondary N) is 3. The Kier molecular flexibility index (Phi) is 9.90. The van der Waals surface area contributed by atoms with Crippen LogP contribution in [0.4, 0.5) is 4.39 Å². The molecule has 0 unspecified atom stereocenters. The molecule has 1 fully saturated rings. The van der Waals surface area contributed by atoms with Gasteiger partial charge in [0, 0.05) is 12.5 Å². The van der Waals surface area contributed by atoms with Gasteiger partial charge in [-0.25, -0.2) is 4.39 Å². The molecule has 0 spiro atoms. The van der Waals surface area contributed by atoms with Gasteiger partial charge in [0.25, 0.3) is 0 Å². The third kappa shape index (κ3) is 8.43. The molecule has 38 heavy (non-hydrogen) atoms. The van der Waals surface area contributed by atoms with Crippen molar-refractivity contribution in [3.05, 3.63) is 77.6 Å². The van der Waals surface area contributed by atoms with Crippen molar-refractivity contribution in [1.82, 2.24) is 16.0 Å². The second-order valence-corrected chi connectivity index (χ2v) is 10.0. The van der Waals surface area contributed by atoms with Gasteiger partial charge >= 0.3 is 0 Å². The third-order valence-corrected chi connectivity index (χ3v) is 7.05. The van der Waals surface area contributed by atoms with Crippen LogP contribution in [0.15, 0.2) is 60.7 Å². The van der Waals surface area contributed by atoms with Crippen LogP contribution in [0, 0.1) is 5.82 Å². The molecule has 2 aliphatic rings. The van der Waals surface area contributed by atoms with Crippen molar-refractivity contribution in [2.45, 2.75) is 75.9 Å². The van der Waals surface area contributed by atoms with Gasteiger partial charge in [0.05, 0.1) is 0 Å². The predicted octanol–water partition coefficient (Wildman–Crippen LogP) is 3.76. The minimum atomic E-state index is -0.833. The van der Waals surface area contributed by atoms with E-state index >= 15 is 0 Å². The molecule has 2 atom stereocenters. The van der Waals surface area contributed by atoms with E-state index in [1.165, 1.54) is 12.1 Å². The monoisotopic (exact) mass is 521 g/mol. The highest BCUT2D eigenvalue weighted by atomic mass is 19.1. The van der Waals surface area contributed by atoms with Crippen molar-refractivity contribution < 1.29 is 23.5 Å². The lowest BCUT2D eigenvalue weighted by Crippen LogP contribution is -2.54. The van der Waals surface area contributed by atoms with Crippen molar-refractivity contribution in [1.29, 1.82) is 0 Å². The van der Waals surface area contributed by atoms with Gasteiger partial charge < -0.3 is 20.7 Å². The number of carbonyl (C=O) groups is 3. The van der Waals surface area contributed by atoms with Crippen LogP contribution in [0.3, 0.4) is 0 Å². The van der Waals surface area contributed by atoms with E-state index in [1.807, 2.05) is 36.4 Å². The minimum absolute atomic E-state index is 0.119. The van der Waals surface area contributed by atoms with Crippen molar-refractivity contribution in [2.75, 3.05) is 6.61 Å². The Hall–Kier alpha value is -3.68. The SMILES string of the molecule is O=C1CCc2cccc(c2)OC/C=C/C[C@@H](C(=O)NC2CCCC2)NC(=O)[C@H](CCc2ccc(F)cc2)N1. The largest absolute Gasteiger partial charge is 0.490 e. The van der Waals surface area contributed by atoms with E-state index in [2.05, 4.69) is 16.0 Å². The number of fused-ring (bicyclic) bond motifs is 2. The quantitative estimate of drug-likeness (QED) is 0.522. The molecule has 8 heteroatoms. The first-order valence-corrected chi connectivity index (χ1v) is 13.5. The van der Waals surface area contributed by atoms with Crippen LogP contribution in [-0.2, 0) is 27.2 Å². The summed E-state index contributed by atoms with van der Waals surface area (Å²) in [5.41, 5.74) is 1.82. The van der Waals surface area contributed by atoms with Crippen molar-refractivity contribution >= 4 is 17.7 Å². The summed E-state index contributed by atoms with van der Waals surface area (Å²) in [4.78, 5) is 39.4. The molecule has 202 valence electrons. The number of hydrogen-bond donors (Lipinski definition) is 3. The van der Waals surface area contributed by atoms with Gasteiger partial charge in [-0.3, -0.25) is 14.4 Å². The summed E-state index contributed by atoms with van der Waals surface area (Å²) in [6.45, 7) is 0.329. The first-order chi connectivity index (χ1) is 18.5. The molecule has 2 aromatic rings. The van der Waals surface area contributed by atoms with Gasteiger partial charge in [0.1, 0.15) is 30.3 Å². The fraction of sp³-hybridized carbons (Fsp3) is 0.433. The van der Waals surface area contributed by atoms with Crippen LogP contribution < -0.4 is 20.7 Å². The van der Waals surface area contributed by atoms with Gasteiger partial charge in [-0.05, 0) is 73.9 Å². The number of halogens is 1. The molecule has 4 rings (SSSR count). The summed E-state index contributed by atoms with van der Waals surface area (Å²) in [7, 11) is 0. The molecule has 0 radical (unpaired) electrons. The lowest BCUT2D eigenvalue weighted by Gasteiger charge is -2.24. The molecule has 7 nitrogen and oxygen atoms in total. The number of benzene rings is 2. The van der Waals surface area contributed by atoms with Crippen molar-refractivity contribution in [3.63, 3.8) is 0 Å². The third-order valence-electron chi connectivity index (χ3n) is 7.05. The maximum atomic E-state index is 13.4. The Labute approximate surface area is 223 Å². The van der Waals surface area contributed by atoms with E-state index in [0.717, 1.165) is 36.8 Å². The zero-order valence-corrected chi connectivity index (χ0v) is 21.6. The number of carbonyl (C=O) groups excluding carboxylic acids is 3. The Morgan fingerprint density at radius 3 is 2.58 bits per heavy atom. The summed E-state index contributed by atoms with van der Waals surface area (Å²) in [5, 5.41) is 8.81. The molecule has 2 bridgehead atoms. The molecule has 1 saturated carbocycles. The average molecular weight is 522 g/mol. The standard InChI is InChI=1S/C30H36FN3O4/c31-23-15-11-21(12-16-23)13-17-27-30(37)34-26(29(36)32-24-7-1-2-8-24)10-3-4-19-38-25-9-5-6-22(20-25)14-18-28(35)33-27/h3-6,9,11-12,15-16,20,24,26-27H,1-2,7-8,10,13-14,17-19H2,(H,32,36)(H,33,35)(H,34,37)/b4-3+/t26-,27-/m0/s1. The lowest BCUT2D eigenvalue weighted by molar-refractivity contribution is -0.132.